The van der Waals surface area contributed by atoms with E-state index >= 15 is 0 Å². The van der Waals surface area contributed by atoms with Crippen LogP contribution in [-0.2, 0) is 0 Å². The Balaban J connectivity index is 2.54. The minimum atomic E-state index is 0.448. The highest BCUT2D eigenvalue weighted by Gasteiger charge is 2.03. The van der Waals surface area contributed by atoms with Crippen LogP contribution in [0.4, 0.5) is 11.6 Å². The Kier molecular flexibility index (Phi) is 2.29. The standard InChI is InChI=1S/C12H13N3/c1-8-3-2-4-9(7-8)10-5-6-11(13)15-12(10)14/h2-7H,1H3,(H4,13,14,15). The maximum absolute atomic E-state index is 5.81. The maximum Gasteiger partial charge on any atom is 0.133 e. The molecule has 2 aromatic rings. The van der Waals surface area contributed by atoms with Crippen molar-refractivity contribution < 1.29 is 0 Å². The summed E-state index contributed by atoms with van der Waals surface area (Å²) < 4.78 is 0. The monoisotopic (exact) mass is 199 g/mol. The van der Waals surface area contributed by atoms with Crippen molar-refractivity contribution >= 4 is 11.6 Å². The molecular weight excluding hydrogens is 186 g/mol. The zero-order chi connectivity index (χ0) is 10.8. The summed E-state index contributed by atoms with van der Waals surface area (Å²) >= 11 is 0. The molecule has 0 aliphatic heterocycles. The lowest BCUT2D eigenvalue weighted by Gasteiger charge is -2.06. The van der Waals surface area contributed by atoms with E-state index in [4.69, 9.17) is 11.5 Å². The second kappa shape index (κ2) is 3.61. The average molecular weight is 199 g/mol. The molecule has 0 amide bonds. The highest BCUT2D eigenvalue weighted by molar-refractivity contribution is 5.75. The second-order valence-corrected chi connectivity index (χ2v) is 3.54. The smallest absolute Gasteiger partial charge is 0.133 e. The van der Waals surface area contributed by atoms with Gasteiger partial charge in [-0.1, -0.05) is 29.8 Å². The number of aromatic nitrogens is 1. The predicted molar refractivity (Wildman–Crippen MR) is 63.2 cm³/mol. The summed E-state index contributed by atoms with van der Waals surface area (Å²) in [4.78, 5) is 4.04. The summed E-state index contributed by atoms with van der Waals surface area (Å²) in [6.45, 7) is 2.05. The van der Waals surface area contributed by atoms with Crippen molar-refractivity contribution in [3.8, 4) is 11.1 Å². The Morgan fingerprint density at radius 2 is 1.87 bits per heavy atom. The molecule has 0 aliphatic carbocycles. The van der Waals surface area contributed by atoms with E-state index < -0.39 is 0 Å². The Labute approximate surface area is 88.8 Å². The molecule has 0 aliphatic rings. The molecule has 1 aromatic carbocycles. The quantitative estimate of drug-likeness (QED) is 0.740. The van der Waals surface area contributed by atoms with Crippen molar-refractivity contribution in [1.82, 2.24) is 4.98 Å². The minimum Gasteiger partial charge on any atom is -0.384 e. The van der Waals surface area contributed by atoms with Crippen molar-refractivity contribution in [3.05, 3.63) is 42.0 Å². The summed E-state index contributed by atoms with van der Waals surface area (Å²) in [6.07, 6.45) is 0. The van der Waals surface area contributed by atoms with E-state index in [0.29, 0.717) is 11.6 Å². The van der Waals surface area contributed by atoms with E-state index in [-0.39, 0.29) is 0 Å². The number of nitrogens with zero attached hydrogens (tertiary/aromatic N) is 1. The number of anilines is 2. The van der Waals surface area contributed by atoms with Gasteiger partial charge in [-0.25, -0.2) is 4.98 Å². The van der Waals surface area contributed by atoms with Crippen LogP contribution in [0, 0.1) is 6.92 Å². The first kappa shape index (κ1) is 9.52. The third kappa shape index (κ3) is 1.91. The number of rotatable bonds is 1. The van der Waals surface area contributed by atoms with Crippen LogP contribution in [0.1, 0.15) is 5.56 Å². The number of pyridine rings is 1. The molecule has 1 aromatic heterocycles. The number of benzene rings is 1. The van der Waals surface area contributed by atoms with Crippen molar-refractivity contribution in [2.75, 3.05) is 11.5 Å². The zero-order valence-corrected chi connectivity index (χ0v) is 8.57. The molecular formula is C12H13N3. The fraction of sp³-hybridized carbons (Fsp3) is 0.0833. The van der Waals surface area contributed by atoms with Crippen LogP contribution >= 0.6 is 0 Å². The van der Waals surface area contributed by atoms with Gasteiger partial charge in [0.2, 0.25) is 0 Å². The minimum absolute atomic E-state index is 0.448. The summed E-state index contributed by atoms with van der Waals surface area (Å²) in [6, 6.07) is 11.8. The average Bonchev–Trinajstić information content (AvgIpc) is 2.17. The van der Waals surface area contributed by atoms with Crippen LogP contribution in [0.5, 0.6) is 0 Å². The first-order valence-electron chi connectivity index (χ1n) is 4.76. The van der Waals surface area contributed by atoms with Gasteiger partial charge in [0.15, 0.2) is 0 Å². The van der Waals surface area contributed by atoms with Crippen molar-refractivity contribution in [2.24, 2.45) is 0 Å². The lowest BCUT2D eigenvalue weighted by molar-refractivity contribution is 1.34. The number of hydrogen-bond donors (Lipinski definition) is 2. The molecule has 3 heteroatoms. The van der Waals surface area contributed by atoms with Gasteiger partial charge < -0.3 is 11.5 Å². The van der Waals surface area contributed by atoms with Crippen molar-refractivity contribution in [1.29, 1.82) is 0 Å². The highest BCUT2D eigenvalue weighted by Crippen LogP contribution is 2.25. The number of hydrogen-bond acceptors (Lipinski definition) is 3. The van der Waals surface area contributed by atoms with Crippen LogP contribution < -0.4 is 11.5 Å². The van der Waals surface area contributed by atoms with Gasteiger partial charge in [0.1, 0.15) is 11.6 Å². The largest absolute Gasteiger partial charge is 0.384 e. The zero-order valence-electron chi connectivity index (χ0n) is 8.57. The summed E-state index contributed by atoms with van der Waals surface area (Å²) in [5.41, 5.74) is 14.5. The van der Waals surface area contributed by atoms with E-state index in [1.807, 2.05) is 31.2 Å². The Morgan fingerprint density at radius 1 is 1.07 bits per heavy atom. The Bertz CT molecular complexity index is 492. The highest BCUT2D eigenvalue weighted by atomic mass is 14.9. The fourth-order valence-corrected chi connectivity index (χ4v) is 1.55. The molecule has 0 saturated heterocycles. The maximum atomic E-state index is 5.81. The first-order chi connectivity index (χ1) is 7.16. The number of aryl methyl sites for hydroxylation is 1. The third-order valence-electron chi connectivity index (χ3n) is 2.28. The Hall–Kier alpha value is -2.03. The second-order valence-electron chi connectivity index (χ2n) is 3.54. The molecule has 0 saturated carbocycles. The molecule has 0 bridgehead atoms. The molecule has 0 radical (unpaired) electrons. The van der Waals surface area contributed by atoms with Gasteiger partial charge in [-0.3, -0.25) is 0 Å². The first-order valence-corrected chi connectivity index (χ1v) is 4.76. The van der Waals surface area contributed by atoms with Crippen LogP contribution in [0.15, 0.2) is 36.4 Å². The van der Waals surface area contributed by atoms with Crippen molar-refractivity contribution in [2.45, 2.75) is 6.92 Å². The SMILES string of the molecule is Cc1cccc(-c2ccc(N)nc2N)c1. The molecule has 15 heavy (non-hydrogen) atoms. The summed E-state index contributed by atoms with van der Waals surface area (Å²) in [7, 11) is 0. The lowest BCUT2D eigenvalue weighted by Crippen LogP contribution is -1.98. The molecule has 0 fully saturated rings. The van der Waals surface area contributed by atoms with Gasteiger partial charge in [0.05, 0.1) is 0 Å². The van der Waals surface area contributed by atoms with Crippen molar-refractivity contribution in [3.63, 3.8) is 0 Å². The van der Waals surface area contributed by atoms with Gasteiger partial charge in [0.25, 0.3) is 0 Å². The van der Waals surface area contributed by atoms with Crippen LogP contribution in [0.3, 0.4) is 0 Å². The van der Waals surface area contributed by atoms with Gasteiger partial charge in [-0.15, -0.1) is 0 Å². The summed E-state index contributed by atoms with van der Waals surface area (Å²) in [5, 5.41) is 0. The van der Waals surface area contributed by atoms with E-state index in [1.165, 1.54) is 5.56 Å². The van der Waals surface area contributed by atoms with E-state index in [0.717, 1.165) is 11.1 Å². The van der Waals surface area contributed by atoms with Gasteiger partial charge in [-0.05, 0) is 24.6 Å². The van der Waals surface area contributed by atoms with Crippen LogP contribution in [-0.4, -0.2) is 4.98 Å². The van der Waals surface area contributed by atoms with Gasteiger partial charge >= 0.3 is 0 Å². The van der Waals surface area contributed by atoms with E-state index in [2.05, 4.69) is 11.1 Å². The number of nitrogen functional groups attached to an aromatic ring is 2. The predicted octanol–water partition coefficient (Wildman–Crippen LogP) is 2.22. The summed E-state index contributed by atoms with van der Waals surface area (Å²) in [5.74, 6) is 0.921. The van der Waals surface area contributed by atoms with Gasteiger partial charge in [0, 0.05) is 5.56 Å². The lowest BCUT2D eigenvalue weighted by atomic mass is 10.0. The van der Waals surface area contributed by atoms with Crippen LogP contribution in [0.25, 0.3) is 11.1 Å². The van der Waals surface area contributed by atoms with Crippen LogP contribution in [0.2, 0.25) is 0 Å². The molecule has 0 unspecified atom stereocenters. The molecule has 1 heterocycles. The van der Waals surface area contributed by atoms with E-state index in [1.54, 1.807) is 6.07 Å². The topological polar surface area (TPSA) is 64.9 Å². The number of nitrogens with two attached hydrogens (primary N) is 2. The molecule has 3 nitrogen and oxygen atoms in total. The molecule has 0 spiro atoms. The normalized spacial score (nSPS) is 10.2. The Morgan fingerprint density at radius 3 is 2.53 bits per heavy atom. The molecule has 0 atom stereocenters. The van der Waals surface area contributed by atoms with Gasteiger partial charge in [-0.2, -0.15) is 0 Å². The molecule has 2 rings (SSSR count). The fourth-order valence-electron chi connectivity index (χ4n) is 1.55. The van der Waals surface area contributed by atoms with E-state index in [9.17, 15) is 0 Å². The molecule has 76 valence electrons. The molecule has 4 N–H and O–H groups in total. The third-order valence-corrected chi connectivity index (χ3v) is 2.28.